The van der Waals surface area contributed by atoms with Crippen LogP contribution in [0.2, 0.25) is 0 Å². The molecule has 29 heavy (non-hydrogen) atoms. The van der Waals surface area contributed by atoms with Crippen molar-refractivity contribution in [1.82, 2.24) is 0 Å². The fraction of sp³-hybridized carbons (Fsp3) is 0.222. The molecule has 156 valence electrons. The largest absolute Gasteiger partial charge is 0.478 e. The van der Waals surface area contributed by atoms with Crippen LogP contribution in [0, 0.1) is 11.6 Å². The summed E-state index contributed by atoms with van der Waals surface area (Å²) in [6, 6.07) is 5.11. The lowest BCUT2D eigenvalue weighted by atomic mass is 10.1. The third-order valence-electron chi connectivity index (χ3n) is 3.83. The summed E-state index contributed by atoms with van der Waals surface area (Å²) in [5.41, 5.74) is 3.38. The van der Waals surface area contributed by atoms with Gasteiger partial charge < -0.3 is 10.8 Å². The Labute approximate surface area is 166 Å². The second-order valence-corrected chi connectivity index (χ2v) is 8.74. The van der Waals surface area contributed by atoms with Crippen molar-refractivity contribution in [3.63, 3.8) is 0 Å². The highest BCUT2D eigenvalue weighted by Gasteiger charge is 2.27. The lowest BCUT2D eigenvalue weighted by Gasteiger charge is -2.34. The van der Waals surface area contributed by atoms with Gasteiger partial charge in [0.1, 0.15) is 11.6 Å². The third-order valence-corrected chi connectivity index (χ3v) is 5.21. The van der Waals surface area contributed by atoms with E-state index in [9.17, 15) is 26.8 Å². The molecular weight excluding hydrogens is 408 g/mol. The fourth-order valence-electron chi connectivity index (χ4n) is 2.61. The zero-order chi connectivity index (χ0) is 22.1. The molecule has 2 amide bonds. The summed E-state index contributed by atoms with van der Waals surface area (Å²) in [4.78, 5) is 23.5. The van der Waals surface area contributed by atoms with Crippen molar-refractivity contribution in [2.24, 2.45) is 5.73 Å². The van der Waals surface area contributed by atoms with Gasteiger partial charge in [0.15, 0.2) is 0 Å². The van der Waals surface area contributed by atoms with Crippen LogP contribution in [-0.4, -0.2) is 31.1 Å². The highest BCUT2D eigenvalue weighted by atomic mass is 32.2. The Kier molecular flexibility index (Phi) is 5.84. The number of carboxylic acids is 1. The predicted octanol–water partition coefficient (Wildman–Crippen LogP) is 3.15. The van der Waals surface area contributed by atoms with E-state index in [4.69, 9.17) is 10.8 Å². The first-order valence-electron chi connectivity index (χ1n) is 8.19. The maximum Gasteiger partial charge on any atom is 0.338 e. The van der Waals surface area contributed by atoms with Crippen LogP contribution in [0.1, 0.15) is 31.1 Å². The first kappa shape index (κ1) is 22.1. The van der Waals surface area contributed by atoms with Gasteiger partial charge >= 0.3 is 12.0 Å². The molecule has 2 aromatic carbocycles. The molecule has 2 aromatic rings. The van der Waals surface area contributed by atoms with Gasteiger partial charge in [-0.15, -0.1) is 0 Å². The molecule has 0 unspecified atom stereocenters. The van der Waals surface area contributed by atoms with Crippen LogP contribution in [0.15, 0.2) is 41.3 Å². The smallest absolute Gasteiger partial charge is 0.338 e. The second kappa shape index (κ2) is 7.66. The molecule has 0 bridgehead atoms. The SMILES string of the molecule is CC(C)(C)N(C(N)=O)c1ccc(S(=O)(=O)Nc2cc(F)c(C(=O)O)cc2F)cc1. The second-order valence-electron chi connectivity index (χ2n) is 7.06. The molecule has 0 saturated carbocycles. The first-order chi connectivity index (χ1) is 13.2. The van der Waals surface area contributed by atoms with Crippen LogP contribution >= 0.6 is 0 Å². The van der Waals surface area contributed by atoms with Crippen molar-refractivity contribution in [2.45, 2.75) is 31.2 Å². The van der Waals surface area contributed by atoms with Crippen molar-refractivity contribution < 1.29 is 31.9 Å². The number of nitrogens with one attached hydrogen (secondary N) is 1. The first-order valence-corrected chi connectivity index (χ1v) is 9.67. The number of hydrogen-bond donors (Lipinski definition) is 3. The number of primary amides is 1. The number of nitrogens with zero attached hydrogens (tertiary/aromatic N) is 1. The Morgan fingerprint density at radius 1 is 1.07 bits per heavy atom. The lowest BCUT2D eigenvalue weighted by molar-refractivity contribution is 0.0691. The number of carboxylic acid groups (broad SMARTS) is 1. The number of aromatic carboxylic acids is 1. The number of sulfonamides is 1. The van der Waals surface area contributed by atoms with Gasteiger partial charge in [-0.3, -0.25) is 9.62 Å². The zero-order valence-corrected chi connectivity index (χ0v) is 16.5. The van der Waals surface area contributed by atoms with Crippen LogP contribution in [0.4, 0.5) is 25.0 Å². The van der Waals surface area contributed by atoms with E-state index in [-0.39, 0.29) is 4.90 Å². The molecule has 4 N–H and O–H groups in total. The topological polar surface area (TPSA) is 130 Å². The number of halogens is 2. The number of rotatable bonds is 5. The van der Waals surface area contributed by atoms with E-state index in [1.165, 1.54) is 29.2 Å². The normalized spacial score (nSPS) is 11.8. The van der Waals surface area contributed by atoms with E-state index in [1.807, 2.05) is 4.72 Å². The number of amides is 2. The minimum Gasteiger partial charge on any atom is -0.478 e. The molecule has 0 radical (unpaired) electrons. The molecule has 0 heterocycles. The van der Waals surface area contributed by atoms with Crippen LogP contribution in [0.25, 0.3) is 0 Å². The Morgan fingerprint density at radius 2 is 1.62 bits per heavy atom. The molecule has 0 spiro atoms. The number of nitrogens with two attached hydrogens (primary N) is 1. The van der Waals surface area contributed by atoms with Gasteiger partial charge in [0.25, 0.3) is 10.0 Å². The van der Waals surface area contributed by atoms with Gasteiger partial charge in [0.2, 0.25) is 0 Å². The van der Waals surface area contributed by atoms with Crippen molar-refractivity contribution in [3.8, 4) is 0 Å². The molecule has 2 rings (SSSR count). The highest BCUT2D eigenvalue weighted by molar-refractivity contribution is 7.92. The molecule has 0 aromatic heterocycles. The monoisotopic (exact) mass is 427 g/mol. The number of benzene rings is 2. The summed E-state index contributed by atoms with van der Waals surface area (Å²) in [5.74, 6) is -4.24. The van der Waals surface area contributed by atoms with Crippen LogP contribution in [-0.2, 0) is 10.0 Å². The number of anilines is 2. The molecule has 0 aliphatic heterocycles. The predicted molar refractivity (Wildman–Crippen MR) is 102 cm³/mol. The van der Waals surface area contributed by atoms with Crippen LogP contribution < -0.4 is 15.4 Å². The van der Waals surface area contributed by atoms with Crippen molar-refractivity contribution in [1.29, 1.82) is 0 Å². The molecule has 0 fully saturated rings. The molecule has 11 heteroatoms. The van der Waals surface area contributed by atoms with Gasteiger partial charge in [-0.2, -0.15) is 0 Å². The summed E-state index contributed by atoms with van der Waals surface area (Å²) in [6.07, 6.45) is 0. The van der Waals surface area contributed by atoms with Gasteiger partial charge in [0.05, 0.1) is 16.1 Å². The van der Waals surface area contributed by atoms with E-state index in [0.29, 0.717) is 17.8 Å². The maximum absolute atomic E-state index is 14.0. The highest BCUT2D eigenvalue weighted by Crippen LogP contribution is 2.27. The van der Waals surface area contributed by atoms with E-state index in [2.05, 4.69) is 0 Å². The van der Waals surface area contributed by atoms with Crippen LogP contribution in [0.3, 0.4) is 0 Å². The maximum atomic E-state index is 14.0. The Bertz CT molecular complexity index is 1060. The van der Waals surface area contributed by atoms with Crippen LogP contribution in [0.5, 0.6) is 0 Å². The van der Waals surface area contributed by atoms with Gasteiger partial charge in [-0.05, 0) is 51.1 Å². The van der Waals surface area contributed by atoms with E-state index < -0.39 is 50.4 Å². The number of urea groups is 1. The summed E-state index contributed by atoms with van der Waals surface area (Å²) < 4.78 is 54.6. The standard InChI is InChI=1S/C18H19F2N3O5S/c1-18(2,3)23(17(21)26)10-4-6-11(7-5-10)29(27,28)22-15-9-13(19)12(16(24)25)8-14(15)20/h4-9,22H,1-3H3,(H2,21,26)(H,24,25). The van der Waals surface area contributed by atoms with Crippen molar-refractivity contribution >= 4 is 33.4 Å². The molecule has 0 saturated heterocycles. The van der Waals surface area contributed by atoms with E-state index >= 15 is 0 Å². The molecule has 0 atom stereocenters. The van der Waals surface area contributed by atoms with E-state index in [0.717, 1.165) is 0 Å². The minimum absolute atomic E-state index is 0.290. The number of carbonyl (C=O) groups excluding carboxylic acids is 1. The number of carbonyl (C=O) groups is 2. The van der Waals surface area contributed by atoms with Gasteiger partial charge in [0, 0.05) is 17.3 Å². The Hall–Kier alpha value is -3.21. The minimum atomic E-state index is -4.32. The summed E-state index contributed by atoms with van der Waals surface area (Å²) in [6.45, 7) is 5.21. The zero-order valence-electron chi connectivity index (χ0n) is 15.7. The van der Waals surface area contributed by atoms with Crippen molar-refractivity contribution in [3.05, 3.63) is 53.6 Å². The average molecular weight is 427 g/mol. The molecule has 8 nitrogen and oxygen atoms in total. The molecule has 0 aliphatic carbocycles. The third kappa shape index (κ3) is 4.80. The average Bonchev–Trinajstić information content (AvgIpc) is 2.56. The quantitative estimate of drug-likeness (QED) is 0.675. The number of hydrogen-bond acceptors (Lipinski definition) is 4. The van der Waals surface area contributed by atoms with Crippen molar-refractivity contribution in [2.75, 3.05) is 9.62 Å². The summed E-state index contributed by atoms with van der Waals surface area (Å²) in [5, 5.41) is 8.78. The van der Waals surface area contributed by atoms with Gasteiger partial charge in [-0.25, -0.2) is 26.8 Å². The van der Waals surface area contributed by atoms with E-state index in [1.54, 1.807) is 20.8 Å². The fourth-order valence-corrected chi connectivity index (χ4v) is 3.67. The lowest BCUT2D eigenvalue weighted by Crippen LogP contribution is -2.48. The Morgan fingerprint density at radius 3 is 2.07 bits per heavy atom. The van der Waals surface area contributed by atoms with Gasteiger partial charge in [-0.1, -0.05) is 0 Å². The summed E-state index contributed by atoms with van der Waals surface area (Å²) >= 11 is 0. The Balaban J connectivity index is 2.37. The molecular formula is C18H19F2N3O5S. The molecule has 0 aliphatic rings. The summed E-state index contributed by atoms with van der Waals surface area (Å²) in [7, 11) is -4.32.